The summed E-state index contributed by atoms with van der Waals surface area (Å²) in [6, 6.07) is 14.3. The van der Waals surface area contributed by atoms with Crippen LogP contribution in [-0.2, 0) is 6.54 Å². The molecular formula is C18H18BrFN2O. The van der Waals surface area contributed by atoms with Crippen LogP contribution in [-0.4, -0.2) is 41.9 Å². The molecule has 0 aliphatic carbocycles. The van der Waals surface area contributed by atoms with Gasteiger partial charge in [0.2, 0.25) is 0 Å². The lowest BCUT2D eigenvalue weighted by molar-refractivity contribution is 0.0627. The van der Waals surface area contributed by atoms with Crippen LogP contribution in [0.15, 0.2) is 53.0 Å². The van der Waals surface area contributed by atoms with Gasteiger partial charge in [-0.15, -0.1) is 0 Å². The Hall–Kier alpha value is -1.72. The lowest BCUT2D eigenvalue weighted by atomic mass is 10.1. The topological polar surface area (TPSA) is 23.6 Å². The molecule has 1 fully saturated rings. The van der Waals surface area contributed by atoms with Gasteiger partial charge in [0.15, 0.2) is 0 Å². The first-order valence-corrected chi connectivity index (χ1v) is 8.43. The summed E-state index contributed by atoms with van der Waals surface area (Å²) in [6.07, 6.45) is 0. The molecule has 2 aromatic rings. The number of hydrogen-bond donors (Lipinski definition) is 0. The van der Waals surface area contributed by atoms with E-state index in [1.54, 1.807) is 6.07 Å². The third-order valence-electron chi connectivity index (χ3n) is 4.10. The second-order valence-electron chi connectivity index (χ2n) is 5.67. The molecule has 1 heterocycles. The molecule has 0 atom stereocenters. The molecule has 3 rings (SSSR count). The van der Waals surface area contributed by atoms with Crippen LogP contribution in [0.25, 0.3) is 0 Å². The highest BCUT2D eigenvalue weighted by Crippen LogP contribution is 2.15. The minimum absolute atomic E-state index is 0.0584. The van der Waals surface area contributed by atoms with Gasteiger partial charge in [0, 0.05) is 48.3 Å². The number of hydrogen-bond acceptors (Lipinski definition) is 2. The molecular weight excluding hydrogens is 359 g/mol. The third kappa shape index (κ3) is 3.98. The van der Waals surface area contributed by atoms with Crippen LogP contribution in [0.5, 0.6) is 0 Å². The van der Waals surface area contributed by atoms with Crippen molar-refractivity contribution in [1.82, 2.24) is 9.80 Å². The average Bonchev–Trinajstić information content (AvgIpc) is 2.58. The summed E-state index contributed by atoms with van der Waals surface area (Å²) in [5.41, 5.74) is 1.41. The zero-order valence-electron chi connectivity index (χ0n) is 12.7. The van der Waals surface area contributed by atoms with Gasteiger partial charge in [0.25, 0.3) is 5.91 Å². The number of benzene rings is 2. The molecule has 0 N–H and O–H groups in total. The smallest absolute Gasteiger partial charge is 0.253 e. The van der Waals surface area contributed by atoms with E-state index in [1.807, 2.05) is 41.3 Å². The van der Waals surface area contributed by atoms with E-state index in [1.165, 1.54) is 6.07 Å². The van der Waals surface area contributed by atoms with E-state index in [-0.39, 0.29) is 11.7 Å². The molecule has 3 nitrogen and oxygen atoms in total. The molecule has 1 aliphatic heterocycles. The number of amides is 1. The summed E-state index contributed by atoms with van der Waals surface area (Å²) in [5, 5.41) is 0. The normalized spacial score (nSPS) is 15.7. The number of nitrogens with zero attached hydrogens (tertiary/aromatic N) is 2. The van der Waals surface area contributed by atoms with Crippen molar-refractivity contribution in [3.05, 3.63) is 69.9 Å². The fraction of sp³-hybridized carbons (Fsp3) is 0.278. The fourth-order valence-electron chi connectivity index (χ4n) is 2.75. The molecule has 1 saturated heterocycles. The van der Waals surface area contributed by atoms with Crippen LogP contribution in [0.3, 0.4) is 0 Å². The van der Waals surface area contributed by atoms with Gasteiger partial charge in [-0.2, -0.15) is 0 Å². The standard InChI is InChI=1S/C18H18BrFN2O/c19-16-7-5-14(6-8-16)18(23)22-11-9-21(10-12-22)13-15-3-1-2-4-17(15)20/h1-8H,9-13H2. The predicted octanol–water partition coefficient (Wildman–Crippen LogP) is 3.55. The maximum atomic E-state index is 13.7. The Morgan fingerprint density at radius 2 is 1.65 bits per heavy atom. The summed E-state index contributed by atoms with van der Waals surface area (Å²) in [7, 11) is 0. The summed E-state index contributed by atoms with van der Waals surface area (Å²) >= 11 is 3.37. The minimum Gasteiger partial charge on any atom is -0.336 e. The van der Waals surface area contributed by atoms with Crippen LogP contribution in [0.1, 0.15) is 15.9 Å². The molecule has 23 heavy (non-hydrogen) atoms. The first kappa shape index (κ1) is 16.1. The van der Waals surface area contributed by atoms with Crippen molar-refractivity contribution < 1.29 is 9.18 Å². The van der Waals surface area contributed by atoms with Crippen molar-refractivity contribution in [3.8, 4) is 0 Å². The molecule has 0 spiro atoms. The van der Waals surface area contributed by atoms with Crippen LogP contribution in [0.2, 0.25) is 0 Å². The van der Waals surface area contributed by atoms with E-state index >= 15 is 0 Å². The van der Waals surface area contributed by atoms with Gasteiger partial charge in [0.05, 0.1) is 0 Å². The van der Waals surface area contributed by atoms with E-state index in [0.29, 0.717) is 30.8 Å². The largest absolute Gasteiger partial charge is 0.336 e. The maximum absolute atomic E-state index is 13.7. The average molecular weight is 377 g/mol. The molecule has 1 amide bonds. The number of carbonyl (C=O) groups excluding carboxylic acids is 1. The molecule has 120 valence electrons. The molecule has 0 radical (unpaired) electrons. The van der Waals surface area contributed by atoms with Gasteiger partial charge in [-0.05, 0) is 30.3 Å². The van der Waals surface area contributed by atoms with Gasteiger partial charge < -0.3 is 4.90 Å². The molecule has 1 aliphatic rings. The lowest BCUT2D eigenvalue weighted by Crippen LogP contribution is -2.48. The van der Waals surface area contributed by atoms with E-state index in [4.69, 9.17) is 0 Å². The highest BCUT2D eigenvalue weighted by molar-refractivity contribution is 9.10. The van der Waals surface area contributed by atoms with E-state index in [2.05, 4.69) is 20.8 Å². The van der Waals surface area contributed by atoms with Gasteiger partial charge in [-0.25, -0.2) is 4.39 Å². The van der Waals surface area contributed by atoms with E-state index < -0.39 is 0 Å². The number of carbonyl (C=O) groups is 1. The monoisotopic (exact) mass is 376 g/mol. The van der Waals surface area contributed by atoms with E-state index in [0.717, 1.165) is 17.6 Å². The first-order chi connectivity index (χ1) is 11.1. The predicted molar refractivity (Wildman–Crippen MR) is 91.7 cm³/mol. The Labute approximate surface area is 143 Å². The molecule has 2 aromatic carbocycles. The number of rotatable bonds is 3. The Bertz CT molecular complexity index is 682. The van der Waals surface area contributed by atoms with Gasteiger partial charge in [-0.3, -0.25) is 9.69 Å². The SMILES string of the molecule is O=C(c1ccc(Br)cc1)N1CCN(Cc2ccccc2F)CC1. The summed E-state index contributed by atoms with van der Waals surface area (Å²) in [6.45, 7) is 3.45. The summed E-state index contributed by atoms with van der Waals surface area (Å²) < 4.78 is 14.7. The van der Waals surface area contributed by atoms with Crippen LogP contribution in [0, 0.1) is 5.82 Å². The van der Waals surface area contributed by atoms with Crippen LogP contribution in [0.4, 0.5) is 4.39 Å². The summed E-state index contributed by atoms with van der Waals surface area (Å²) in [5.74, 6) is -0.107. The Balaban J connectivity index is 1.57. The van der Waals surface area contributed by atoms with Crippen LogP contribution < -0.4 is 0 Å². The van der Waals surface area contributed by atoms with Crippen molar-refractivity contribution in [3.63, 3.8) is 0 Å². The Kier molecular flexibility index (Phi) is 5.08. The Morgan fingerprint density at radius 3 is 2.30 bits per heavy atom. The number of piperazine rings is 1. The van der Waals surface area contributed by atoms with Crippen molar-refractivity contribution in [1.29, 1.82) is 0 Å². The first-order valence-electron chi connectivity index (χ1n) is 7.64. The van der Waals surface area contributed by atoms with Crippen molar-refractivity contribution >= 4 is 21.8 Å². The molecule has 5 heteroatoms. The van der Waals surface area contributed by atoms with E-state index in [9.17, 15) is 9.18 Å². The second kappa shape index (κ2) is 7.23. The quantitative estimate of drug-likeness (QED) is 0.817. The minimum atomic E-state index is -0.166. The zero-order chi connectivity index (χ0) is 16.2. The van der Waals surface area contributed by atoms with Gasteiger partial charge in [0.1, 0.15) is 5.82 Å². The third-order valence-corrected chi connectivity index (χ3v) is 4.63. The van der Waals surface area contributed by atoms with Gasteiger partial charge in [-0.1, -0.05) is 34.1 Å². The molecule has 0 bridgehead atoms. The van der Waals surface area contributed by atoms with Crippen molar-refractivity contribution in [2.24, 2.45) is 0 Å². The highest BCUT2D eigenvalue weighted by Gasteiger charge is 2.22. The number of halogens is 2. The Morgan fingerprint density at radius 1 is 1.00 bits per heavy atom. The lowest BCUT2D eigenvalue weighted by Gasteiger charge is -2.34. The van der Waals surface area contributed by atoms with Crippen molar-refractivity contribution in [2.45, 2.75) is 6.54 Å². The molecule has 0 aromatic heterocycles. The van der Waals surface area contributed by atoms with Gasteiger partial charge >= 0.3 is 0 Å². The summed E-state index contributed by atoms with van der Waals surface area (Å²) in [4.78, 5) is 16.5. The zero-order valence-corrected chi connectivity index (χ0v) is 14.3. The maximum Gasteiger partial charge on any atom is 0.253 e. The van der Waals surface area contributed by atoms with Crippen LogP contribution >= 0.6 is 15.9 Å². The fourth-order valence-corrected chi connectivity index (χ4v) is 3.02. The highest BCUT2D eigenvalue weighted by atomic mass is 79.9. The molecule has 0 saturated carbocycles. The van der Waals surface area contributed by atoms with Crippen molar-refractivity contribution in [2.75, 3.05) is 26.2 Å². The second-order valence-corrected chi connectivity index (χ2v) is 6.58. The molecule has 0 unspecified atom stereocenters.